The molecular weight excluding hydrogens is 558 g/mol. The van der Waals surface area contributed by atoms with E-state index in [0.717, 1.165) is 23.9 Å². The van der Waals surface area contributed by atoms with Crippen LogP contribution in [0.1, 0.15) is 194 Å². The first-order valence-corrected chi connectivity index (χ1v) is 20.5. The second kappa shape index (κ2) is 36.7. The number of quaternary nitrogens is 1. The molecule has 0 aromatic rings. The first-order chi connectivity index (χ1) is 22.5. The molecule has 0 N–H and O–H groups in total. The maximum Gasteiger partial charge on any atom is 0.0781 e. The fourth-order valence-corrected chi connectivity index (χ4v) is 5.97. The molecule has 270 valence electrons. The third kappa shape index (κ3) is 39.1. The molecule has 0 saturated heterocycles. The normalized spacial score (nSPS) is 13.4. The van der Waals surface area contributed by atoms with Crippen LogP contribution in [0.5, 0.6) is 0 Å². The molecule has 0 aromatic carbocycles. The van der Waals surface area contributed by atoms with E-state index < -0.39 is 0 Å². The molecule has 0 aliphatic carbocycles. The van der Waals surface area contributed by atoms with Crippen molar-refractivity contribution in [3.63, 3.8) is 0 Å². The van der Waals surface area contributed by atoms with Crippen molar-refractivity contribution in [3.8, 4) is 0 Å². The van der Waals surface area contributed by atoms with Crippen molar-refractivity contribution in [2.24, 2.45) is 0 Å². The first kappa shape index (κ1) is 44.9. The van der Waals surface area contributed by atoms with Crippen LogP contribution in [0.2, 0.25) is 0 Å². The van der Waals surface area contributed by atoms with Gasteiger partial charge in [0.15, 0.2) is 0 Å². The van der Waals surface area contributed by atoms with Gasteiger partial charge in [0.2, 0.25) is 0 Å². The minimum absolute atomic E-state index is 0.487. The van der Waals surface area contributed by atoms with E-state index in [1.54, 1.807) is 0 Å². The Kier molecular flexibility index (Phi) is 35.8. The number of hydrogen-bond acceptors (Lipinski definition) is 1. The van der Waals surface area contributed by atoms with Crippen molar-refractivity contribution in [2.75, 3.05) is 34.3 Å². The maximum atomic E-state index is 6.47. The van der Waals surface area contributed by atoms with E-state index in [1.165, 1.54) is 173 Å². The van der Waals surface area contributed by atoms with E-state index in [9.17, 15) is 0 Å². The van der Waals surface area contributed by atoms with Gasteiger partial charge in [0.25, 0.3) is 0 Å². The molecule has 0 bridgehead atoms. The summed E-state index contributed by atoms with van der Waals surface area (Å²) in [6.45, 7) is 6.74. The molecule has 0 spiro atoms. The van der Waals surface area contributed by atoms with Crippen LogP contribution in [0, 0.1) is 0 Å². The van der Waals surface area contributed by atoms with E-state index in [2.05, 4.69) is 83.6 Å². The smallest absolute Gasteiger partial charge is 0.0781 e. The van der Waals surface area contributed by atoms with E-state index in [0.29, 0.717) is 6.10 Å². The maximum absolute atomic E-state index is 6.47. The highest BCUT2D eigenvalue weighted by Gasteiger charge is 2.10. The molecule has 2 nitrogen and oxygen atoms in total. The molecule has 0 unspecified atom stereocenters. The number of unbranched alkanes of at least 4 members (excludes halogenated alkanes) is 19. The molecule has 0 saturated carbocycles. The number of ether oxygens (including phenoxy) is 1. The zero-order valence-corrected chi connectivity index (χ0v) is 32.3. The fourth-order valence-electron chi connectivity index (χ4n) is 5.97. The van der Waals surface area contributed by atoms with Crippen LogP contribution >= 0.6 is 0 Å². The van der Waals surface area contributed by atoms with Gasteiger partial charge in [0.05, 0.1) is 33.8 Å². The van der Waals surface area contributed by atoms with Crippen LogP contribution in [-0.4, -0.2) is 44.9 Å². The summed E-state index contributed by atoms with van der Waals surface area (Å²) in [4.78, 5) is 0. The van der Waals surface area contributed by atoms with Crippen LogP contribution in [0.3, 0.4) is 0 Å². The lowest BCUT2D eigenvalue weighted by atomic mass is 10.0. The molecule has 46 heavy (non-hydrogen) atoms. The number of hydrogen-bond donors (Lipinski definition) is 0. The summed E-state index contributed by atoms with van der Waals surface area (Å²) >= 11 is 0. The summed E-state index contributed by atoms with van der Waals surface area (Å²) in [7, 11) is 6.88. The Morgan fingerprint density at radius 2 is 0.783 bits per heavy atom. The van der Waals surface area contributed by atoms with Gasteiger partial charge >= 0.3 is 0 Å². The highest BCUT2D eigenvalue weighted by molar-refractivity contribution is 4.93. The summed E-state index contributed by atoms with van der Waals surface area (Å²) < 4.78 is 7.53. The van der Waals surface area contributed by atoms with Crippen molar-refractivity contribution in [1.29, 1.82) is 0 Å². The Morgan fingerprint density at radius 1 is 0.413 bits per heavy atom. The third-order valence-electron chi connectivity index (χ3n) is 9.03. The molecule has 0 rings (SSSR count). The van der Waals surface area contributed by atoms with Gasteiger partial charge in [-0.1, -0.05) is 152 Å². The van der Waals surface area contributed by atoms with Crippen LogP contribution in [0.4, 0.5) is 0 Å². The lowest BCUT2D eigenvalue weighted by Crippen LogP contribution is -2.35. The highest BCUT2D eigenvalue weighted by Crippen LogP contribution is 2.18. The average Bonchev–Trinajstić information content (AvgIpc) is 3.03. The van der Waals surface area contributed by atoms with Crippen molar-refractivity contribution >= 4 is 0 Å². The van der Waals surface area contributed by atoms with Crippen molar-refractivity contribution in [2.45, 2.75) is 200 Å². The third-order valence-corrected chi connectivity index (χ3v) is 9.03. The van der Waals surface area contributed by atoms with Crippen molar-refractivity contribution in [1.82, 2.24) is 0 Å². The van der Waals surface area contributed by atoms with Gasteiger partial charge in [-0.2, -0.15) is 0 Å². The quantitative estimate of drug-likeness (QED) is 0.0375. The minimum Gasteiger partial charge on any atom is -0.378 e. The zero-order valence-electron chi connectivity index (χ0n) is 32.3. The fraction of sp³-hybridized carbons (Fsp3) is 0.818. The standard InChI is InChI=1S/C44H84NO/c1-6-8-10-12-14-16-18-20-22-24-26-28-30-32-34-36-40-44(46-43-39-38-42-45(3,4)5)41-37-35-33-31-29-27-25-23-21-19-17-15-13-11-9-7-2/h14-17,20-23,44H,6-13,18-19,24-43H2,1-5H3/q+1. The second-order valence-electron chi connectivity index (χ2n) is 15.0. The average molecular weight is 643 g/mol. The number of rotatable bonds is 36. The molecule has 0 fully saturated rings. The van der Waals surface area contributed by atoms with Gasteiger partial charge in [0.1, 0.15) is 0 Å². The molecule has 0 radical (unpaired) electrons. The van der Waals surface area contributed by atoms with Crippen LogP contribution in [0.15, 0.2) is 48.6 Å². The van der Waals surface area contributed by atoms with Crippen molar-refractivity contribution in [3.05, 3.63) is 48.6 Å². The van der Waals surface area contributed by atoms with Crippen LogP contribution < -0.4 is 0 Å². The minimum atomic E-state index is 0.487. The first-order valence-electron chi connectivity index (χ1n) is 20.5. The van der Waals surface area contributed by atoms with Gasteiger partial charge in [-0.15, -0.1) is 0 Å². The summed E-state index contributed by atoms with van der Waals surface area (Å²) in [6.07, 6.45) is 56.2. The Bertz CT molecular complexity index is 649. The lowest BCUT2D eigenvalue weighted by molar-refractivity contribution is -0.870. The van der Waals surface area contributed by atoms with Gasteiger partial charge in [-0.3, -0.25) is 0 Å². The monoisotopic (exact) mass is 643 g/mol. The number of nitrogens with zero attached hydrogens (tertiary/aromatic N) is 1. The van der Waals surface area contributed by atoms with Gasteiger partial charge < -0.3 is 9.22 Å². The van der Waals surface area contributed by atoms with E-state index in [-0.39, 0.29) is 0 Å². The van der Waals surface area contributed by atoms with E-state index >= 15 is 0 Å². The Balaban J connectivity index is 3.95. The van der Waals surface area contributed by atoms with E-state index in [4.69, 9.17) is 4.74 Å². The van der Waals surface area contributed by atoms with Crippen LogP contribution in [-0.2, 0) is 4.74 Å². The summed E-state index contributed by atoms with van der Waals surface area (Å²) in [5.41, 5.74) is 0. The molecule has 0 aliphatic rings. The molecule has 0 atom stereocenters. The van der Waals surface area contributed by atoms with Gasteiger partial charge in [0, 0.05) is 6.61 Å². The van der Waals surface area contributed by atoms with Gasteiger partial charge in [-0.05, 0) is 89.9 Å². The topological polar surface area (TPSA) is 9.23 Å². The number of allylic oxidation sites excluding steroid dienone is 8. The Morgan fingerprint density at radius 3 is 1.17 bits per heavy atom. The molecule has 0 aromatic heterocycles. The molecule has 2 heteroatoms. The second-order valence-corrected chi connectivity index (χ2v) is 15.0. The summed E-state index contributed by atoms with van der Waals surface area (Å²) in [5, 5.41) is 0. The predicted octanol–water partition coefficient (Wildman–Crippen LogP) is 14.3. The summed E-state index contributed by atoms with van der Waals surface area (Å²) in [6, 6.07) is 0. The Hall–Kier alpha value is -1.12. The SMILES string of the molecule is CCCCCC=CCC=CCCCCCCCCC(CCCCCCCCC=CCC=CCCCCC)OCCCC[N+](C)(C)C. The molecule has 0 aliphatic heterocycles. The molecule has 0 amide bonds. The molecule has 0 heterocycles. The van der Waals surface area contributed by atoms with Crippen LogP contribution in [0.25, 0.3) is 0 Å². The van der Waals surface area contributed by atoms with Crippen molar-refractivity contribution < 1.29 is 9.22 Å². The highest BCUT2D eigenvalue weighted by atomic mass is 16.5. The Labute approximate surface area is 291 Å². The molecular formula is C44H84NO+. The lowest BCUT2D eigenvalue weighted by Gasteiger charge is -2.24. The summed E-state index contributed by atoms with van der Waals surface area (Å²) in [5.74, 6) is 0. The van der Waals surface area contributed by atoms with E-state index in [1.807, 2.05) is 0 Å². The zero-order chi connectivity index (χ0) is 33.7. The predicted molar refractivity (Wildman–Crippen MR) is 210 cm³/mol. The largest absolute Gasteiger partial charge is 0.378 e. The van der Waals surface area contributed by atoms with Gasteiger partial charge in [-0.25, -0.2) is 0 Å².